The number of carbonyl (C=O) groups excluding carboxylic acids is 2. The van der Waals surface area contributed by atoms with E-state index in [4.69, 9.17) is 4.74 Å². The lowest BCUT2D eigenvalue weighted by Gasteiger charge is -2.20. The van der Waals surface area contributed by atoms with Gasteiger partial charge in [0.15, 0.2) is 0 Å². The van der Waals surface area contributed by atoms with Crippen molar-refractivity contribution in [3.05, 3.63) is 60.2 Å². The number of hydrogen-bond acceptors (Lipinski definition) is 3. The summed E-state index contributed by atoms with van der Waals surface area (Å²) in [7, 11) is 0. The Morgan fingerprint density at radius 2 is 1.72 bits per heavy atom. The third kappa shape index (κ3) is 5.75. The molecule has 0 aliphatic heterocycles. The van der Waals surface area contributed by atoms with Gasteiger partial charge >= 0.3 is 5.97 Å². The van der Waals surface area contributed by atoms with Gasteiger partial charge in [-0.2, -0.15) is 0 Å². The molecule has 25 heavy (non-hydrogen) atoms. The van der Waals surface area contributed by atoms with E-state index in [9.17, 15) is 9.59 Å². The molecule has 132 valence electrons. The second-order valence-electron chi connectivity index (χ2n) is 6.14. The fourth-order valence-electron chi connectivity index (χ4n) is 2.86. The van der Waals surface area contributed by atoms with Crippen LogP contribution in [0.1, 0.15) is 25.8 Å². The predicted octanol–water partition coefficient (Wildman–Crippen LogP) is 3.60. The molecule has 2 aromatic rings. The summed E-state index contributed by atoms with van der Waals surface area (Å²) in [6.45, 7) is 3.99. The van der Waals surface area contributed by atoms with Gasteiger partial charge in [-0.05, 0) is 36.5 Å². The Bertz CT molecular complexity index is 667. The molecular formula is C21H25NO3. The Morgan fingerprint density at radius 1 is 1.08 bits per heavy atom. The molecule has 0 aliphatic rings. The number of ether oxygens (including phenoxy) is 1. The maximum atomic E-state index is 11.8. The first kappa shape index (κ1) is 18.7. The summed E-state index contributed by atoms with van der Waals surface area (Å²) in [4.78, 5) is 22.7. The second-order valence-corrected chi connectivity index (χ2v) is 6.14. The molecule has 1 amide bonds. The van der Waals surface area contributed by atoms with E-state index in [1.54, 1.807) is 6.92 Å². The molecule has 0 saturated carbocycles. The highest BCUT2D eigenvalue weighted by Gasteiger charge is 2.20. The minimum Gasteiger partial charge on any atom is -0.466 e. The van der Waals surface area contributed by atoms with Crippen LogP contribution in [0.25, 0.3) is 11.1 Å². The molecule has 1 N–H and O–H groups in total. The molecule has 2 rings (SSSR count). The number of nitrogens with one attached hydrogen (secondary N) is 1. The smallest absolute Gasteiger partial charge is 0.308 e. The summed E-state index contributed by atoms with van der Waals surface area (Å²) in [5, 5.41) is 2.82. The standard InChI is InChI=1S/C21H25NO3/c1-3-25-21(24)16(2)13-20(22-15-23)14-17-9-11-19(12-10-17)18-7-5-4-6-8-18/h4-12,15-16,20H,3,13-14H2,1-2H3,(H,22,23)/t16?,20-/m0/s1. The van der Waals surface area contributed by atoms with Crippen molar-refractivity contribution in [2.24, 2.45) is 5.92 Å². The summed E-state index contributed by atoms with van der Waals surface area (Å²) < 4.78 is 5.04. The van der Waals surface area contributed by atoms with Gasteiger partial charge in [0.05, 0.1) is 12.5 Å². The minimum absolute atomic E-state index is 0.0977. The Balaban J connectivity index is 2.01. The van der Waals surface area contributed by atoms with Crippen LogP contribution in [0.3, 0.4) is 0 Å². The number of benzene rings is 2. The van der Waals surface area contributed by atoms with Crippen molar-refractivity contribution < 1.29 is 14.3 Å². The molecule has 0 bridgehead atoms. The van der Waals surface area contributed by atoms with Crippen LogP contribution >= 0.6 is 0 Å². The lowest BCUT2D eigenvalue weighted by Crippen LogP contribution is -2.33. The van der Waals surface area contributed by atoms with E-state index in [-0.39, 0.29) is 17.9 Å². The normalized spacial score (nSPS) is 12.9. The van der Waals surface area contributed by atoms with E-state index in [0.29, 0.717) is 25.9 Å². The maximum Gasteiger partial charge on any atom is 0.308 e. The first-order valence-corrected chi connectivity index (χ1v) is 8.64. The Kier molecular flexibility index (Phi) is 7.20. The van der Waals surface area contributed by atoms with E-state index in [1.165, 1.54) is 5.56 Å². The molecule has 0 fully saturated rings. The highest BCUT2D eigenvalue weighted by atomic mass is 16.5. The van der Waals surface area contributed by atoms with Gasteiger partial charge in [0, 0.05) is 6.04 Å². The van der Waals surface area contributed by atoms with Crippen molar-refractivity contribution >= 4 is 12.4 Å². The third-order valence-corrected chi connectivity index (χ3v) is 4.17. The molecule has 1 unspecified atom stereocenters. The Labute approximate surface area is 149 Å². The molecule has 4 nitrogen and oxygen atoms in total. The van der Waals surface area contributed by atoms with Crippen molar-refractivity contribution in [1.82, 2.24) is 5.32 Å². The first-order valence-electron chi connectivity index (χ1n) is 8.64. The highest BCUT2D eigenvalue weighted by molar-refractivity contribution is 5.72. The van der Waals surface area contributed by atoms with E-state index in [0.717, 1.165) is 11.1 Å². The molecule has 2 atom stereocenters. The van der Waals surface area contributed by atoms with Gasteiger partial charge in [0.25, 0.3) is 0 Å². The molecule has 0 saturated heterocycles. The van der Waals surface area contributed by atoms with Crippen LogP contribution in [0.15, 0.2) is 54.6 Å². The van der Waals surface area contributed by atoms with Crippen molar-refractivity contribution in [1.29, 1.82) is 0 Å². The fourth-order valence-corrected chi connectivity index (χ4v) is 2.86. The van der Waals surface area contributed by atoms with Crippen LogP contribution < -0.4 is 5.32 Å². The van der Waals surface area contributed by atoms with Gasteiger partial charge in [-0.3, -0.25) is 9.59 Å². The molecule has 0 spiro atoms. The van der Waals surface area contributed by atoms with E-state index < -0.39 is 0 Å². The first-order chi connectivity index (χ1) is 12.1. The quantitative estimate of drug-likeness (QED) is 0.561. The predicted molar refractivity (Wildman–Crippen MR) is 99.0 cm³/mol. The maximum absolute atomic E-state index is 11.8. The van der Waals surface area contributed by atoms with Crippen molar-refractivity contribution in [3.63, 3.8) is 0 Å². The lowest BCUT2D eigenvalue weighted by atomic mass is 9.95. The Morgan fingerprint density at radius 3 is 2.32 bits per heavy atom. The number of rotatable bonds is 9. The zero-order chi connectivity index (χ0) is 18.1. The SMILES string of the molecule is CCOC(=O)C(C)C[C@@H](Cc1ccc(-c2ccccc2)cc1)NC=O. The molecule has 0 radical (unpaired) electrons. The van der Waals surface area contributed by atoms with Crippen LogP contribution in [-0.2, 0) is 20.7 Å². The van der Waals surface area contributed by atoms with Gasteiger partial charge < -0.3 is 10.1 Å². The molecule has 0 aromatic heterocycles. The lowest BCUT2D eigenvalue weighted by molar-refractivity contribution is -0.147. The topological polar surface area (TPSA) is 55.4 Å². The third-order valence-electron chi connectivity index (χ3n) is 4.17. The fraction of sp³-hybridized carbons (Fsp3) is 0.333. The van der Waals surface area contributed by atoms with E-state index >= 15 is 0 Å². The largest absolute Gasteiger partial charge is 0.466 e. The average Bonchev–Trinajstić information content (AvgIpc) is 2.63. The highest BCUT2D eigenvalue weighted by Crippen LogP contribution is 2.20. The van der Waals surface area contributed by atoms with Gasteiger partial charge in [0.2, 0.25) is 6.41 Å². The van der Waals surface area contributed by atoms with Crippen LogP contribution in [0.5, 0.6) is 0 Å². The van der Waals surface area contributed by atoms with Crippen LogP contribution in [-0.4, -0.2) is 25.0 Å². The second kappa shape index (κ2) is 9.62. The summed E-state index contributed by atoms with van der Waals surface area (Å²) >= 11 is 0. The number of esters is 1. The summed E-state index contributed by atoms with van der Waals surface area (Å²) in [5.41, 5.74) is 3.45. The van der Waals surface area contributed by atoms with E-state index in [1.807, 2.05) is 25.1 Å². The number of carbonyl (C=O) groups is 2. The molecule has 0 aliphatic carbocycles. The van der Waals surface area contributed by atoms with E-state index in [2.05, 4.69) is 41.7 Å². The van der Waals surface area contributed by atoms with Gasteiger partial charge in [0.1, 0.15) is 0 Å². The summed E-state index contributed by atoms with van der Waals surface area (Å²) in [6.07, 6.45) is 1.93. The molecule has 4 heteroatoms. The summed E-state index contributed by atoms with van der Waals surface area (Å²) in [5.74, 6) is -0.472. The van der Waals surface area contributed by atoms with Crippen LogP contribution in [0.2, 0.25) is 0 Å². The van der Waals surface area contributed by atoms with Gasteiger partial charge in [-0.1, -0.05) is 61.5 Å². The number of amides is 1. The minimum atomic E-state index is -0.249. The van der Waals surface area contributed by atoms with Crippen molar-refractivity contribution in [2.45, 2.75) is 32.7 Å². The average molecular weight is 339 g/mol. The molecular weight excluding hydrogens is 314 g/mol. The molecule has 0 heterocycles. The zero-order valence-corrected chi connectivity index (χ0v) is 14.8. The van der Waals surface area contributed by atoms with Crippen LogP contribution in [0, 0.1) is 5.92 Å². The molecule has 2 aromatic carbocycles. The Hall–Kier alpha value is -2.62. The number of hydrogen-bond donors (Lipinski definition) is 1. The summed E-state index contributed by atoms with van der Waals surface area (Å²) in [6, 6.07) is 18.4. The van der Waals surface area contributed by atoms with Crippen molar-refractivity contribution in [2.75, 3.05) is 6.61 Å². The van der Waals surface area contributed by atoms with Gasteiger partial charge in [-0.25, -0.2) is 0 Å². The van der Waals surface area contributed by atoms with Crippen molar-refractivity contribution in [3.8, 4) is 11.1 Å². The van der Waals surface area contributed by atoms with Crippen LogP contribution in [0.4, 0.5) is 0 Å². The monoisotopic (exact) mass is 339 g/mol. The van der Waals surface area contributed by atoms with Gasteiger partial charge in [-0.15, -0.1) is 0 Å². The zero-order valence-electron chi connectivity index (χ0n) is 14.8.